The first-order valence-electron chi connectivity index (χ1n) is 5.36. The second kappa shape index (κ2) is 5.85. The zero-order valence-corrected chi connectivity index (χ0v) is 10.3. The van der Waals surface area contributed by atoms with Gasteiger partial charge < -0.3 is 10.6 Å². The van der Waals surface area contributed by atoms with Crippen LogP contribution in [0.25, 0.3) is 0 Å². The minimum Gasteiger partial charge on any atom is -0.387 e. The van der Waals surface area contributed by atoms with Crippen molar-refractivity contribution in [1.82, 2.24) is 10.3 Å². The van der Waals surface area contributed by atoms with Crippen LogP contribution in [0.5, 0.6) is 0 Å². The fraction of sp³-hybridized carbons (Fsp3) is 0.455. The molecule has 1 aromatic rings. The molecule has 0 bridgehead atoms. The number of aromatic nitrogens is 1. The zero-order valence-electron chi connectivity index (χ0n) is 10.3. The fourth-order valence-electron chi connectivity index (χ4n) is 1.32. The third-order valence-electron chi connectivity index (χ3n) is 2.36. The van der Waals surface area contributed by atoms with E-state index in [1.165, 1.54) is 6.20 Å². The molecule has 4 nitrogen and oxygen atoms in total. The minimum atomic E-state index is -4.26. The van der Waals surface area contributed by atoms with E-state index in [1.807, 2.05) is 0 Å². The van der Waals surface area contributed by atoms with Crippen molar-refractivity contribution in [2.45, 2.75) is 19.3 Å². The number of aryl methyl sites for hydroxylation is 1. The molecule has 1 amide bonds. The molecule has 1 aromatic heterocycles. The highest BCUT2D eigenvalue weighted by molar-refractivity contribution is 5.99. The number of hydrogen-bond donors (Lipinski definition) is 2. The first-order chi connectivity index (χ1) is 8.77. The van der Waals surface area contributed by atoms with Crippen molar-refractivity contribution in [3.8, 4) is 0 Å². The van der Waals surface area contributed by atoms with Crippen molar-refractivity contribution in [3.63, 3.8) is 0 Å². The van der Waals surface area contributed by atoms with Crippen LogP contribution in [0.4, 0.5) is 23.2 Å². The lowest BCUT2D eigenvalue weighted by Gasteiger charge is -2.16. The lowest BCUT2D eigenvalue weighted by atomic mass is 10.2. The van der Waals surface area contributed by atoms with Crippen molar-refractivity contribution < 1.29 is 22.4 Å². The molecule has 19 heavy (non-hydrogen) atoms. The largest absolute Gasteiger partial charge is 0.387 e. The van der Waals surface area contributed by atoms with Gasteiger partial charge in [-0.15, -0.1) is 0 Å². The summed E-state index contributed by atoms with van der Waals surface area (Å²) >= 11 is 0. The van der Waals surface area contributed by atoms with Crippen molar-refractivity contribution in [3.05, 3.63) is 23.5 Å². The molecule has 0 aliphatic heterocycles. The number of nitrogens with zero attached hydrogens (tertiary/aromatic N) is 1. The number of halogens is 4. The molecule has 0 unspecified atom stereocenters. The van der Waals surface area contributed by atoms with Crippen LogP contribution in [-0.2, 0) is 0 Å². The Bertz CT molecular complexity index is 465. The molecule has 0 saturated heterocycles. The number of alkyl halides is 4. The van der Waals surface area contributed by atoms with E-state index in [-0.39, 0.29) is 5.56 Å². The number of carbonyl (C=O) groups excluding carboxylic acids is 1. The fourth-order valence-corrected chi connectivity index (χ4v) is 1.32. The number of amides is 1. The van der Waals surface area contributed by atoms with Gasteiger partial charge in [-0.3, -0.25) is 9.78 Å². The highest BCUT2D eigenvalue weighted by Gasteiger charge is 2.40. The number of hydrogen-bond acceptors (Lipinski definition) is 3. The molecule has 2 N–H and O–H groups in total. The van der Waals surface area contributed by atoms with E-state index in [0.717, 1.165) is 0 Å². The third-order valence-corrected chi connectivity index (χ3v) is 2.36. The number of nitrogens with one attached hydrogen (secondary N) is 2. The van der Waals surface area contributed by atoms with Gasteiger partial charge in [-0.1, -0.05) is 0 Å². The molecule has 0 saturated carbocycles. The average Bonchev–Trinajstić information content (AvgIpc) is 2.35. The molecular formula is C11H13F4N3O. The molecule has 0 atom stereocenters. The summed E-state index contributed by atoms with van der Waals surface area (Å²) < 4.78 is 49.2. The lowest BCUT2D eigenvalue weighted by molar-refractivity contribution is -0.123. The lowest BCUT2D eigenvalue weighted by Crippen LogP contribution is -2.41. The normalized spacial score (nSPS) is 11.5. The highest BCUT2D eigenvalue weighted by atomic mass is 19.3. The van der Waals surface area contributed by atoms with Gasteiger partial charge in [0.1, 0.15) is 0 Å². The summed E-state index contributed by atoms with van der Waals surface area (Å²) in [7, 11) is 1.54. The maximum atomic E-state index is 12.7. The maximum absolute atomic E-state index is 12.7. The Hall–Kier alpha value is -1.86. The van der Waals surface area contributed by atoms with Crippen LogP contribution in [-0.4, -0.2) is 36.8 Å². The maximum Gasteiger partial charge on any atom is 0.324 e. The Morgan fingerprint density at radius 1 is 1.47 bits per heavy atom. The summed E-state index contributed by atoms with van der Waals surface area (Å²) in [5.41, 5.74) is 1.02. The highest BCUT2D eigenvalue weighted by Crippen LogP contribution is 2.22. The first-order valence-corrected chi connectivity index (χ1v) is 5.36. The monoisotopic (exact) mass is 279 g/mol. The van der Waals surface area contributed by atoms with Gasteiger partial charge in [0.05, 0.1) is 17.8 Å². The van der Waals surface area contributed by atoms with E-state index < -0.39 is 24.8 Å². The number of pyridine rings is 1. The summed E-state index contributed by atoms with van der Waals surface area (Å²) in [6.45, 7) is 0.258. The molecule has 0 radical (unpaired) electrons. The molecule has 1 heterocycles. The van der Waals surface area contributed by atoms with Crippen LogP contribution >= 0.6 is 0 Å². The topological polar surface area (TPSA) is 54.0 Å². The average molecular weight is 279 g/mol. The number of carbonyl (C=O) groups is 1. The van der Waals surface area contributed by atoms with Gasteiger partial charge in [-0.2, -0.15) is 8.78 Å². The van der Waals surface area contributed by atoms with Crippen molar-refractivity contribution in [1.29, 1.82) is 0 Å². The quantitative estimate of drug-likeness (QED) is 0.811. The zero-order chi connectivity index (χ0) is 14.6. The van der Waals surface area contributed by atoms with Crippen molar-refractivity contribution >= 4 is 11.6 Å². The van der Waals surface area contributed by atoms with Crippen LogP contribution in [0.3, 0.4) is 0 Å². The first kappa shape index (κ1) is 15.2. The smallest absolute Gasteiger partial charge is 0.324 e. The van der Waals surface area contributed by atoms with E-state index in [2.05, 4.69) is 10.3 Å². The van der Waals surface area contributed by atoms with Gasteiger partial charge in [0.2, 0.25) is 0 Å². The van der Waals surface area contributed by atoms with Gasteiger partial charge in [0.15, 0.2) is 0 Å². The SMILES string of the molecule is CNc1cc(C)ncc1C(=O)NCC(F)(F)C(F)F. The Morgan fingerprint density at radius 3 is 2.63 bits per heavy atom. The molecule has 0 aliphatic carbocycles. The van der Waals surface area contributed by atoms with E-state index >= 15 is 0 Å². The Morgan fingerprint density at radius 2 is 2.11 bits per heavy atom. The van der Waals surface area contributed by atoms with Crippen molar-refractivity contribution in [2.24, 2.45) is 0 Å². The minimum absolute atomic E-state index is 0.0122. The van der Waals surface area contributed by atoms with Crippen LogP contribution in [0.15, 0.2) is 12.3 Å². The van der Waals surface area contributed by atoms with Gasteiger partial charge in [-0.25, -0.2) is 8.78 Å². The predicted octanol–water partition coefficient (Wildman–Crippen LogP) is 2.06. The molecule has 8 heteroatoms. The second-order valence-corrected chi connectivity index (χ2v) is 3.87. The number of rotatable bonds is 5. The summed E-state index contributed by atoms with van der Waals surface area (Å²) in [5, 5.41) is 4.47. The van der Waals surface area contributed by atoms with E-state index in [9.17, 15) is 22.4 Å². The Kier molecular flexibility index (Phi) is 4.68. The molecule has 0 spiro atoms. The molecule has 0 aliphatic rings. The molecule has 0 aromatic carbocycles. The van der Waals surface area contributed by atoms with E-state index in [1.54, 1.807) is 25.4 Å². The van der Waals surface area contributed by atoms with Gasteiger partial charge >= 0.3 is 12.3 Å². The molecular weight excluding hydrogens is 266 g/mol. The second-order valence-electron chi connectivity index (χ2n) is 3.87. The van der Waals surface area contributed by atoms with Gasteiger partial charge in [-0.05, 0) is 13.0 Å². The van der Waals surface area contributed by atoms with Gasteiger partial charge in [0.25, 0.3) is 5.91 Å². The van der Waals surface area contributed by atoms with E-state index in [4.69, 9.17) is 0 Å². The summed E-state index contributed by atoms with van der Waals surface area (Å²) in [6.07, 6.45) is -2.63. The van der Waals surface area contributed by atoms with E-state index in [0.29, 0.717) is 11.4 Å². The van der Waals surface area contributed by atoms with Crippen LogP contribution in [0, 0.1) is 6.92 Å². The summed E-state index contributed by atoms with van der Waals surface area (Å²) in [5.74, 6) is -5.15. The predicted molar refractivity (Wildman–Crippen MR) is 61.8 cm³/mol. The molecule has 1 rings (SSSR count). The molecule has 106 valence electrons. The van der Waals surface area contributed by atoms with Crippen LogP contribution < -0.4 is 10.6 Å². The summed E-state index contributed by atoms with van der Waals surface area (Å²) in [6, 6.07) is 1.54. The van der Waals surface area contributed by atoms with Gasteiger partial charge in [0, 0.05) is 18.9 Å². The van der Waals surface area contributed by atoms with Crippen LogP contribution in [0.1, 0.15) is 16.1 Å². The molecule has 0 fully saturated rings. The standard InChI is InChI=1S/C11H13F4N3O/c1-6-3-8(16-2)7(4-17-6)9(19)18-5-11(14,15)10(12)13/h3-4,10H,5H2,1-2H3,(H,16,17)(H,18,19). The Balaban J connectivity index is 2.79. The van der Waals surface area contributed by atoms with Crippen molar-refractivity contribution in [2.75, 3.05) is 18.9 Å². The Labute approximate surface area is 107 Å². The number of anilines is 1. The van der Waals surface area contributed by atoms with Crippen LogP contribution in [0.2, 0.25) is 0 Å². The summed E-state index contributed by atoms with van der Waals surface area (Å²) in [4.78, 5) is 15.5. The third kappa shape index (κ3) is 3.80.